The maximum Gasteiger partial charge on any atom is 0.407 e. The first kappa shape index (κ1) is 27.6. The van der Waals surface area contributed by atoms with Gasteiger partial charge in [0.15, 0.2) is 0 Å². The van der Waals surface area contributed by atoms with Gasteiger partial charge in [0.2, 0.25) is 5.91 Å². The van der Waals surface area contributed by atoms with Crippen molar-refractivity contribution < 1.29 is 24.2 Å². The van der Waals surface area contributed by atoms with Crippen molar-refractivity contribution in [3.8, 4) is 11.1 Å². The van der Waals surface area contributed by atoms with Crippen molar-refractivity contribution in [2.45, 2.75) is 64.0 Å². The summed E-state index contributed by atoms with van der Waals surface area (Å²) >= 11 is 1.36. The van der Waals surface area contributed by atoms with Gasteiger partial charge in [-0.1, -0.05) is 74.7 Å². The predicted octanol–water partition coefficient (Wildman–Crippen LogP) is 5.19. The van der Waals surface area contributed by atoms with Crippen LogP contribution in [0.25, 0.3) is 11.1 Å². The number of aliphatic carboxylic acids is 1. The molecule has 8 heteroatoms. The lowest BCUT2D eigenvalue weighted by atomic mass is 9.98. The number of hydrogen-bond donors (Lipinski definition) is 3. The molecule has 2 atom stereocenters. The van der Waals surface area contributed by atoms with Gasteiger partial charge in [0, 0.05) is 12.0 Å². The molecule has 1 aliphatic rings. The summed E-state index contributed by atoms with van der Waals surface area (Å²) in [6.07, 6.45) is 3.78. The number of carboxylic acid groups (broad SMARTS) is 1. The fourth-order valence-electron chi connectivity index (χ4n) is 4.49. The van der Waals surface area contributed by atoms with Gasteiger partial charge in [0.1, 0.15) is 12.6 Å². The molecule has 3 rings (SSSR count). The molecule has 2 aromatic carbocycles. The van der Waals surface area contributed by atoms with Gasteiger partial charge < -0.3 is 20.5 Å². The molecule has 0 saturated carbocycles. The Morgan fingerprint density at radius 2 is 1.61 bits per heavy atom. The maximum atomic E-state index is 12.4. The SMILES string of the molecule is CCCCCC(C)NC(=O)CSCCC(NC(=O)OCC1c2ccccc2-c2ccccc21)C(=O)O. The van der Waals surface area contributed by atoms with Crippen LogP contribution in [0.4, 0.5) is 4.79 Å². The van der Waals surface area contributed by atoms with Gasteiger partial charge in [-0.15, -0.1) is 0 Å². The summed E-state index contributed by atoms with van der Waals surface area (Å²) in [7, 11) is 0. The third-order valence-electron chi connectivity index (χ3n) is 6.37. The van der Waals surface area contributed by atoms with Gasteiger partial charge in [0.25, 0.3) is 0 Å². The quantitative estimate of drug-likeness (QED) is 0.301. The first-order valence-corrected chi connectivity index (χ1v) is 13.8. The highest BCUT2D eigenvalue weighted by molar-refractivity contribution is 7.99. The second-order valence-corrected chi connectivity index (χ2v) is 10.3. The summed E-state index contributed by atoms with van der Waals surface area (Å²) < 4.78 is 5.46. The summed E-state index contributed by atoms with van der Waals surface area (Å²) in [5, 5.41) is 15.0. The molecule has 1 aliphatic carbocycles. The largest absolute Gasteiger partial charge is 0.480 e. The van der Waals surface area contributed by atoms with Crippen LogP contribution in [0.15, 0.2) is 48.5 Å². The number of amides is 2. The average molecular weight is 513 g/mol. The van der Waals surface area contributed by atoms with E-state index in [0.717, 1.165) is 47.9 Å². The molecule has 0 fully saturated rings. The minimum Gasteiger partial charge on any atom is -0.480 e. The zero-order valence-corrected chi connectivity index (χ0v) is 21.8. The number of carboxylic acids is 1. The second kappa shape index (κ2) is 13.9. The number of unbranched alkanes of at least 4 members (excludes halogenated alkanes) is 2. The summed E-state index contributed by atoms with van der Waals surface area (Å²) in [6, 6.07) is 15.1. The van der Waals surface area contributed by atoms with Crippen LogP contribution < -0.4 is 10.6 Å². The topological polar surface area (TPSA) is 105 Å². The molecule has 3 N–H and O–H groups in total. The molecule has 0 heterocycles. The first-order chi connectivity index (χ1) is 17.4. The first-order valence-electron chi connectivity index (χ1n) is 12.6. The predicted molar refractivity (Wildman–Crippen MR) is 143 cm³/mol. The minimum atomic E-state index is -1.13. The Hall–Kier alpha value is -3.00. The molecule has 0 aromatic heterocycles. The van der Waals surface area contributed by atoms with Crippen LogP contribution in [0, 0.1) is 0 Å². The molecule has 0 saturated heterocycles. The number of fused-ring (bicyclic) bond motifs is 3. The zero-order chi connectivity index (χ0) is 25.9. The highest BCUT2D eigenvalue weighted by Crippen LogP contribution is 2.44. The van der Waals surface area contributed by atoms with Gasteiger partial charge >= 0.3 is 12.1 Å². The number of hydrogen-bond acceptors (Lipinski definition) is 5. The molecule has 0 aliphatic heterocycles. The molecule has 0 spiro atoms. The van der Waals surface area contributed by atoms with Crippen LogP contribution in [0.1, 0.15) is 63.0 Å². The average Bonchev–Trinajstić information content (AvgIpc) is 3.18. The van der Waals surface area contributed by atoms with E-state index >= 15 is 0 Å². The molecule has 36 heavy (non-hydrogen) atoms. The molecule has 0 radical (unpaired) electrons. The smallest absolute Gasteiger partial charge is 0.407 e. The number of thioether (sulfide) groups is 1. The monoisotopic (exact) mass is 512 g/mol. The van der Waals surface area contributed by atoms with Crippen LogP contribution >= 0.6 is 11.8 Å². The highest BCUT2D eigenvalue weighted by Gasteiger charge is 2.29. The van der Waals surface area contributed by atoms with E-state index in [9.17, 15) is 19.5 Å². The summed E-state index contributed by atoms with van der Waals surface area (Å²) in [6.45, 7) is 4.27. The number of benzene rings is 2. The van der Waals surface area contributed by atoms with Crippen molar-refractivity contribution >= 4 is 29.7 Å². The molecular weight excluding hydrogens is 476 g/mol. The number of carbonyl (C=O) groups excluding carboxylic acids is 2. The zero-order valence-electron chi connectivity index (χ0n) is 21.0. The van der Waals surface area contributed by atoms with Crippen LogP contribution in [0.2, 0.25) is 0 Å². The van der Waals surface area contributed by atoms with Gasteiger partial charge in [0.05, 0.1) is 5.75 Å². The number of nitrogens with one attached hydrogen (secondary N) is 2. The summed E-state index contributed by atoms with van der Waals surface area (Å²) in [5.74, 6) is -0.587. The standard InChI is InChI=1S/C28H36N2O5S/c1-3-4-5-10-19(2)29-26(31)18-36-16-15-25(27(32)33)30-28(34)35-17-24-22-13-8-6-11-20(22)21-12-7-9-14-23(21)24/h6-9,11-14,19,24-25H,3-5,10,15-18H2,1-2H3,(H,29,31)(H,30,34)(H,32,33). The van der Waals surface area contributed by atoms with E-state index in [1.54, 1.807) is 0 Å². The molecular formula is C28H36N2O5S. The molecule has 194 valence electrons. The Bertz CT molecular complexity index is 999. The van der Waals surface area contributed by atoms with E-state index in [1.165, 1.54) is 11.8 Å². The van der Waals surface area contributed by atoms with Crippen molar-refractivity contribution in [1.82, 2.24) is 10.6 Å². The molecule has 2 aromatic rings. The van der Waals surface area contributed by atoms with Crippen molar-refractivity contribution in [1.29, 1.82) is 0 Å². The van der Waals surface area contributed by atoms with Crippen LogP contribution in [0.5, 0.6) is 0 Å². The van der Waals surface area contributed by atoms with E-state index in [0.29, 0.717) is 5.75 Å². The molecule has 7 nitrogen and oxygen atoms in total. The Balaban J connectivity index is 1.42. The number of rotatable bonds is 14. The lowest BCUT2D eigenvalue weighted by molar-refractivity contribution is -0.139. The fraction of sp³-hybridized carbons (Fsp3) is 0.464. The Morgan fingerprint density at radius 1 is 0.972 bits per heavy atom. The minimum absolute atomic E-state index is 0.0552. The highest BCUT2D eigenvalue weighted by atomic mass is 32.2. The third kappa shape index (κ3) is 7.75. The molecule has 2 amide bonds. The third-order valence-corrected chi connectivity index (χ3v) is 7.36. The summed E-state index contributed by atoms with van der Waals surface area (Å²) in [5.41, 5.74) is 4.44. The number of alkyl carbamates (subject to hydrolysis) is 1. The fourth-order valence-corrected chi connectivity index (χ4v) is 5.31. The normalized spacial score (nSPS) is 13.8. The van der Waals surface area contributed by atoms with Gasteiger partial charge in [-0.05, 0) is 47.8 Å². The van der Waals surface area contributed by atoms with Crippen molar-refractivity contribution in [3.05, 3.63) is 59.7 Å². The van der Waals surface area contributed by atoms with Gasteiger partial charge in [-0.2, -0.15) is 11.8 Å². The van der Waals surface area contributed by atoms with Crippen LogP contribution in [0.3, 0.4) is 0 Å². The number of carbonyl (C=O) groups is 3. The lowest BCUT2D eigenvalue weighted by Gasteiger charge is -2.17. The van der Waals surface area contributed by atoms with E-state index in [-0.39, 0.29) is 36.6 Å². The van der Waals surface area contributed by atoms with Gasteiger partial charge in [-0.3, -0.25) is 4.79 Å². The van der Waals surface area contributed by atoms with E-state index in [1.807, 2.05) is 43.3 Å². The number of ether oxygens (including phenoxy) is 1. The van der Waals surface area contributed by atoms with E-state index in [2.05, 4.69) is 29.7 Å². The Kier molecular flexibility index (Phi) is 10.7. The van der Waals surface area contributed by atoms with Crippen LogP contribution in [-0.2, 0) is 14.3 Å². The lowest BCUT2D eigenvalue weighted by Crippen LogP contribution is -2.42. The van der Waals surface area contributed by atoms with Crippen molar-refractivity contribution in [3.63, 3.8) is 0 Å². The Labute approximate surface area is 217 Å². The van der Waals surface area contributed by atoms with E-state index < -0.39 is 18.1 Å². The van der Waals surface area contributed by atoms with Crippen LogP contribution in [-0.4, -0.2) is 53.3 Å². The molecule has 0 bridgehead atoms. The second-order valence-electron chi connectivity index (χ2n) is 9.17. The van der Waals surface area contributed by atoms with Crippen molar-refractivity contribution in [2.75, 3.05) is 18.1 Å². The van der Waals surface area contributed by atoms with Crippen molar-refractivity contribution in [2.24, 2.45) is 0 Å². The molecule has 2 unspecified atom stereocenters. The summed E-state index contributed by atoms with van der Waals surface area (Å²) in [4.78, 5) is 36.2. The Morgan fingerprint density at radius 3 is 2.22 bits per heavy atom. The maximum absolute atomic E-state index is 12.4. The van der Waals surface area contributed by atoms with E-state index in [4.69, 9.17) is 4.74 Å². The van der Waals surface area contributed by atoms with Gasteiger partial charge in [-0.25, -0.2) is 9.59 Å².